The molecule has 7 heteroatoms. The molecule has 1 heterocycles. The van der Waals surface area contributed by atoms with Crippen LogP contribution in [0.5, 0.6) is 11.5 Å². The Balaban J connectivity index is 1.61. The fourth-order valence-corrected chi connectivity index (χ4v) is 2.83. The number of nitrogens with one attached hydrogen (secondary N) is 2. The van der Waals surface area contributed by atoms with E-state index < -0.39 is 5.91 Å². The molecule has 0 radical (unpaired) electrons. The van der Waals surface area contributed by atoms with Crippen molar-refractivity contribution >= 4 is 22.7 Å². The van der Waals surface area contributed by atoms with Crippen molar-refractivity contribution in [1.82, 2.24) is 10.3 Å². The van der Waals surface area contributed by atoms with Crippen LogP contribution in [0.3, 0.4) is 0 Å². The fourth-order valence-electron chi connectivity index (χ4n) is 2.83. The first-order valence-corrected chi connectivity index (χ1v) is 8.51. The number of nitrogens with two attached hydrogens (primary N) is 1. The average molecular weight is 367 g/mol. The molecule has 3 rings (SSSR count). The second-order valence-corrected chi connectivity index (χ2v) is 5.99. The molecule has 0 aliphatic carbocycles. The first-order chi connectivity index (χ1) is 13.1. The summed E-state index contributed by atoms with van der Waals surface area (Å²) in [5.41, 5.74) is 7.74. The minimum atomic E-state index is -0.587. The van der Waals surface area contributed by atoms with Crippen LogP contribution in [0.4, 0.5) is 0 Å². The third kappa shape index (κ3) is 4.38. The van der Waals surface area contributed by atoms with Crippen molar-refractivity contribution in [3.8, 4) is 11.5 Å². The van der Waals surface area contributed by atoms with E-state index in [0.29, 0.717) is 30.0 Å². The van der Waals surface area contributed by atoms with Crippen molar-refractivity contribution in [1.29, 1.82) is 0 Å². The van der Waals surface area contributed by atoms with Crippen molar-refractivity contribution in [2.75, 3.05) is 20.3 Å². The summed E-state index contributed by atoms with van der Waals surface area (Å²) in [5.74, 6) is -0.0853. The zero-order valence-electron chi connectivity index (χ0n) is 15.0. The van der Waals surface area contributed by atoms with Crippen LogP contribution in [0.25, 0.3) is 10.9 Å². The summed E-state index contributed by atoms with van der Waals surface area (Å²) in [4.78, 5) is 26.5. The van der Waals surface area contributed by atoms with Crippen molar-refractivity contribution in [3.63, 3.8) is 0 Å². The molecule has 0 saturated heterocycles. The minimum Gasteiger partial charge on any atom is -0.493 e. The Bertz CT molecular complexity index is 965. The molecule has 140 valence electrons. The smallest absolute Gasteiger partial charge is 0.255 e. The second kappa shape index (κ2) is 8.27. The number of rotatable bonds is 8. The normalized spacial score (nSPS) is 10.6. The van der Waals surface area contributed by atoms with Gasteiger partial charge < -0.3 is 25.5 Å². The summed E-state index contributed by atoms with van der Waals surface area (Å²) in [5, 5.41) is 4.06. The maximum Gasteiger partial charge on any atom is 0.255 e. The number of benzene rings is 2. The maximum absolute atomic E-state index is 12.4. The van der Waals surface area contributed by atoms with E-state index in [-0.39, 0.29) is 12.5 Å². The van der Waals surface area contributed by atoms with Gasteiger partial charge in [0, 0.05) is 29.2 Å². The number of methoxy groups -OCH3 is 1. The summed E-state index contributed by atoms with van der Waals surface area (Å²) < 4.78 is 10.5. The highest BCUT2D eigenvalue weighted by Crippen LogP contribution is 2.28. The van der Waals surface area contributed by atoms with Crippen LogP contribution < -0.4 is 20.5 Å². The first-order valence-electron chi connectivity index (χ1n) is 8.51. The van der Waals surface area contributed by atoms with Crippen LogP contribution in [-0.4, -0.2) is 37.1 Å². The number of aromatic amines is 1. The zero-order valence-corrected chi connectivity index (χ0v) is 15.0. The molecule has 0 unspecified atom stereocenters. The largest absolute Gasteiger partial charge is 0.493 e. The molecule has 7 nitrogen and oxygen atoms in total. The fraction of sp³-hybridized carbons (Fsp3) is 0.200. The van der Waals surface area contributed by atoms with Crippen LogP contribution in [0.2, 0.25) is 0 Å². The van der Waals surface area contributed by atoms with Gasteiger partial charge in [0.15, 0.2) is 18.1 Å². The Morgan fingerprint density at radius 1 is 1.15 bits per heavy atom. The van der Waals surface area contributed by atoms with E-state index >= 15 is 0 Å². The highest BCUT2D eigenvalue weighted by Gasteiger charge is 2.12. The molecule has 0 atom stereocenters. The Kier molecular flexibility index (Phi) is 5.61. The number of ether oxygens (including phenoxy) is 2. The van der Waals surface area contributed by atoms with Crippen LogP contribution in [0.1, 0.15) is 15.9 Å². The monoisotopic (exact) mass is 367 g/mol. The number of carbonyl (C=O) groups excluding carboxylic acids is 2. The number of para-hydroxylation sites is 1. The van der Waals surface area contributed by atoms with Crippen LogP contribution in [0, 0.1) is 0 Å². The molecule has 0 spiro atoms. The van der Waals surface area contributed by atoms with Gasteiger partial charge in [-0.15, -0.1) is 0 Å². The molecule has 0 fully saturated rings. The van der Waals surface area contributed by atoms with E-state index in [4.69, 9.17) is 15.2 Å². The summed E-state index contributed by atoms with van der Waals surface area (Å²) in [6.07, 6.45) is 2.68. The molecule has 0 bridgehead atoms. The van der Waals surface area contributed by atoms with Crippen LogP contribution >= 0.6 is 0 Å². The number of aromatic nitrogens is 1. The van der Waals surface area contributed by atoms with Crippen molar-refractivity contribution in [3.05, 3.63) is 59.8 Å². The van der Waals surface area contributed by atoms with E-state index in [9.17, 15) is 9.59 Å². The van der Waals surface area contributed by atoms with Gasteiger partial charge in [-0.3, -0.25) is 9.59 Å². The Morgan fingerprint density at radius 2 is 1.96 bits per heavy atom. The number of amides is 2. The highest BCUT2D eigenvalue weighted by atomic mass is 16.5. The van der Waals surface area contributed by atoms with Gasteiger partial charge in [0.2, 0.25) is 0 Å². The van der Waals surface area contributed by atoms with Gasteiger partial charge in [-0.05, 0) is 36.2 Å². The molecule has 4 N–H and O–H groups in total. The summed E-state index contributed by atoms with van der Waals surface area (Å²) in [7, 11) is 1.46. The highest BCUT2D eigenvalue weighted by molar-refractivity contribution is 5.95. The van der Waals surface area contributed by atoms with Crippen molar-refractivity contribution < 1.29 is 19.1 Å². The summed E-state index contributed by atoms with van der Waals surface area (Å²) >= 11 is 0. The number of primary amides is 1. The molecule has 27 heavy (non-hydrogen) atoms. The number of H-pyrrole nitrogens is 1. The number of fused-ring (bicyclic) bond motifs is 1. The first kappa shape index (κ1) is 18.3. The van der Waals surface area contributed by atoms with Gasteiger partial charge in [0.05, 0.1) is 7.11 Å². The standard InChI is InChI=1S/C20H21N3O4/c1-26-18-10-13(6-7-17(18)27-12-19(21)24)20(25)22-9-8-14-11-23-16-5-3-2-4-15(14)16/h2-7,10-11,23H,8-9,12H2,1H3,(H2,21,24)(H,22,25). The van der Waals surface area contributed by atoms with E-state index in [2.05, 4.69) is 16.4 Å². The molecular formula is C20H21N3O4. The van der Waals surface area contributed by atoms with E-state index in [0.717, 1.165) is 16.5 Å². The Morgan fingerprint density at radius 3 is 2.74 bits per heavy atom. The summed E-state index contributed by atoms with van der Waals surface area (Å²) in [6.45, 7) is 0.245. The molecule has 0 aliphatic rings. The molecule has 1 aromatic heterocycles. The van der Waals surface area contributed by atoms with Gasteiger partial charge >= 0.3 is 0 Å². The van der Waals surface area contributed by atoms with Gasteiger partial charge in [0.25, 0.3) is 11.8 Å². The Hall–Kier alpha value is -3.48. The molecule has 0 aliphatic heterocycles. The van der Waals surface area contributed by atoms with Gasteiger partial charge in [-0.25, -0.2) is 0 Å². The average Bonchev–Trinajstić information content (AvgIpc) is 3.09. The lowest BCUT2D eigenvalue weighted by Crippen LogP contribution is -2.25. The molecular weight excluding hydrogens is 346 g/mol. The molecule has 0 saturated carbocycles. The third-order valence-corrected chi connectivity index (χ3v) is 4.15. The number of hydrogen-bond acceptors (Lipinski definition) is 4. The lowest BCUT2D eigenvalue weighted by Gasteiger charge is -2.11. The van der Waals surface area contributed by atoms with E-state index in [1.807, 2.05) is 24.4 Å². The molecule has 3 aromatic rings. The van der Waals surface area contributed by atoms with Gasteiger partial charge in [-0.1, -0.05) is 18.2 Å². The lowest BCUT2D eigenvalue weighted by atomic mass is 10.1. The quantitative estimate of drug-likeness (QED) is 0.566. The number of carbonyl (C=O) groups is 2. The minimum absolute atomic E-state index is 0.213. The lowest BCUT2D eigenvalue weighted by molar-refractivity contribution is -0.119. The van der Waals surface area contributed by atoms with E-state index in [1.54, 1.807) is 18.2 Å². The van der Waals surface area contributed by atoms with Gasteiger partial charge in [-0.2, -0.15) is 0 Å². The van der Waals surface area contributed by atoms with Gasteiger partial charge in [0.1, 0.15) is 0 Å². The Labute approximate surface area is 156 Å². The predicted octanol–water partition coefficient (Wildman–Crippen LogP) is 2.01. The topological polar surface area (TPSA) is 106 Å². The van der Waals surface area contributed by atoms with E-state index in [1.165, 1.54) is 7.11 Å². The number of hydrogen-bond donors (Lipinski definition) is 3. The van der Waals surface area contributed by atoms with Crippen molar-refractivity contribution in [2.24, 2.45) is 5.73 Å². The molecule has 2 aromatic carbocycles. The third-order valence-electron chi connectivity index (χ3n) is 4.15. The SMILES string of the molecule is COc1cc(C(=O)NCCc2c[nH]c3ccccc23)ccc1OCC(N)=O. The summed E-state index contributed by atoms with van der Waals surface area (Å²) in [6, 6.07) is 12.8. The van der Waals surface area contributed by atoms with Crippen molar-refractivity contribution in [2.45, 2.75) is 6.42 Å². The van der Waals surface area contributed by atoms with Crippen LogP contribution in [-0.2, 0) is 11.2 Å². The zero-order chi connectivity index (χ0) is 19.2. The maximum atomic E-state index is 12.4. The van der Waals surface area contributed by atoms with Crippen LogP contribution in [0.15, 0.2) is 48.7 Å². The molecule has 2 amide bonds. The predicted molar refractivity (Wildman–Crippen MR) is 102 cm³/mol. The second-order valence-electron chi connectivity index (χ2n) is 5.99.